The molecule has 2 heterocycles. The summed E-state index contributed by atoms with van der Waals surface area (Å²) in [6, 6.07) is 3.85. The number of nitrogens with zero attached hydrogens (tertiary/aromatic N) is 2. The molecule has 82 valence electrons. The van der Waals surface area contributed by atoms with Crippen LogP contribution in [0.3, 0.4) is 0 Å². The fraction of sp³-hybridized carbons (Fsp3) is 0.0909. The van der Waals surface area contributed by atoms with E-state index in [1.807, 2.05) is 28.9 Å². The molecule has 0 bridgehead atoms. The summed E-state index contributed by atoms with van der Waals surface area (Å²) in [5.41, 5.74) is 8.95. The van der Waals surface area contributed by atoms with Gasteiger partial charge in [0.1, 0.15) is 9.35 Å². The Morgan fingerprint density at radius 3 is 2.94 bits per heavy atom. The molecule has 0 saturated heterocycles. The van der Waals surface area contributed by atoms with Crippen molar-refractivity contribution >= 4 is 40.0 Å². The first-order chi connectivity index (χ1) is 7.63. The molecule has 0 aromatic carbocycles. The van der Waals surface area contributed by atoms with E-state index in [-0.39, 0.29) is 0 Å². The summed E-state index contributed by atoms with van der Waals surface area (Å²) in [6.07, 6.45) is 5.03. The van der Waals surface area contributed by atoms with Crippen molar-refractivity contribution in [3.8, 4) is 0 Å². The Hall–Kier alpha value is -1.37. The maximum absolute atomic E-state index is 7.36. The first-order valence-electron chi connectivity index (χ1n) is 4.73. The number of halogens is 1. The lowest BCUT2D eigenvalue weighted by molar-refractivity contribution is 1.14. The standard InChI is InChI=1S/C11H11IN4/c1-7(14)9(4-13)8-2-3-11-15-5-10(12)16(11)6-8/h2-6,13H,14H2,1H3. The second-order valence-electron chi connectivity index (χ2n) is 3.47. The van der Waals surface area contributed by atoms with Crippen LogP contribution < -0.4 is 5.73 Å². The average Bonchev–Trinajstić information content (AvgIpc) is 2.61. The Morgan fingerprint density at radius 1 is 1.56 bits per heavy atom. The summed E-state index contributed by atoms with van der Waals surface area (Å²) in [6.45, 7) is 1.80. The summed E-state index contributed by atoms with van der Waals surface area (Å²) < 4.78 is 3.01. The van der Waals surface area contributed by atoms with Crippen LogP contribution in [-0.2, 0) is 0 Å². The topological polar surface area (TPSA) is 67.2 Å². The van der Waals surface area contributed by atoms with Gasteiger partial charge in [-0.3, -0.25) is 4.40 Å². The van der Waals surface area contributed by atoms with E-state index >= 15 is 0 Å². The first kappa shape index (κ1) is 11.1. The van der Waals surface area contributed by atoms with Crippen molar-refractivity contribution in [3.05, 3.63) is 39.5 Å². The van der Waals surface area contributed by atoms with Crippen LogP contribution in [0.1, 0.15) is 12.5 Å². The summed E-state index contributed by atoms with van der Waals surface area (Å²) >= 11 is 2.22. The smallest absolute Gasteiger partial charge is 0.137 e. The van der Waals surface area contributed by atoms with E-state index < -0.39 is 0 Å². The van der Waals surface area contributed by atoms with Crippen molar-refractivity contribution in [1.29, 1.82) is 5.41 Å². The molecule has 0 unspecified atom stereocenters. The minimum atomic E-state index is 0.643. The molecule has 0 amide bonds. The lowest BCUT2D eigenvalue weighted by Gasteiger charge is -2.05. The zero-order valence-electron chi connectivity index (χ0n) is 8.74. The van der Waals surface area contributed by atoms with Gasteiger partial charge in [0.05, 0.1) is 6.20 Å². The van der Waals surface area contributed by atoms with Crippen molar-refractivity contribution in [3.63, 3.8) is 0 Å². The lowest BCUT2D eigenvalue weighted by atomic mass is 10.1. The lowest BCUT2D eigenvalue weighted by Crippen LogP contribution is -2.00. The Bertz CT molecular complexity index is 579. The second-order valence-corrected chi connectivity index (χ2v) is 4.57. The van der Waals surface area contributed by atoms with E-state index in [1.54, 1.807) is 6.92 Å². The zero-order valence-corrected chi connectivity index (χ0v) is 10.9. The van der Waals surface area contributed by atoms with Crippen molar-refractivity contribution in [1.82, 2.24) is 9.38 Å². The van der Waals surface area contributed by atoms with Crippen LogP contribution in [0.5, 0.6) is 0 Å². The molecular weight excluding hydrogens is 315 g/mol. The van der Waals surface area contributed by atoms with Crippen LogP contribution in [-0.4, -0.2) is 15.6 Å². The third kappa shape index (κ3) is 1.82. The van der Waals surface area contributed by atoms with Crippen molar-refractivity contribution in [2.45, 2.75) is 6.92 Å². The molecule has 0 radical (unpaired) electrons. The van der Waals surface area contributed by atoms with Gasteiger partial charge in [0.25, 0.3) is 0 Å². The highest BCUT2D eigenvalue weighted by Gasteiger charge is 2.05. The molecule has 0 aliphatic carbocycles. The first-order valence-corrected chi connectivity index (χ1v) is 5.81. The van der Waals surface area contributed by atoms with E-state index in [0.717, 1.165) is 20.5 Å². The average molecular weight is 326 g/mol. The molecule has 0 saturated carbocycles. The summed E-state index contributed by atoms with van der Waals surface area (Å²) in [5.74, 6) is 0. The van der Waals surface area contributed by atoms with Gasteiger partial charge in [-0.05, 0) is 41.6 Å². The number of nitrogens with one attached hydrogen (secondary N) is 1. The Kier molecular flexibility index (Phi) is 2.95. The Balaban J connectivity index is 2.66. The normalized spacial score (nSPS) is 12.6. The fourth-order valence-corrected chi connectivity index (χ4v) is 2.06. The minimum Gasteiger partial charge on any atom is -0.402 e. The van der Waals surface area contributed by atoms with Gasteiger partial charge in [-0.1, -0.05) is 0 Å². The van der Waals surface area contributed by atoms with Crippen LogP contribution in [0.2, 0.25) is 0 Å². The van der Waals surface area contributed by atoms with Gasteiger partial charge in [0.2, 0.25) is 0 Å². The third-order valence-corrected chi connectivity index (χ3v) is 3.14. The van der Waals surface area contributed by atoms with Crippen LogP contribution in [0.25, 0.3) is 11.2 Å². The molecule has 2 rings (SSSR count). The number of allylic oxidation sites excluding steroid dienone is 2. The second kappa shape index (κ2) is 4.25. The Morgan fingerprint density at radius 2 is 2.31 bits per heavy atom. The summed E-state index contributed by atoms with van der Waals surface area (Å²) in [5, 5.41) is 7.36. The van der Waals surface area contributed by atoms with Crippen LogP contribution >= 0.6 is 22.6 Å². The Labute approximate surface area is 107 Å². The number of hydrogen-bond acceptors (Lipinski definition) is 3. The maximum atomic E-state index is 7.36. The van der Waals surface area contributed by atoms with Gasteiger partial charge in [-0.2, -0.15) is 0 Å². The van der Waals surface area contributed by atoms with Crippen LogP contribution in [0.15, 0.2) is 30.2 Å². The monoisotopic (exact) mass is 326 g/mol. The highest BCUT2D eigenvalue weighted by atomic mass is 127. The van der Waals surface area contributed by atoms with E-state index in [1.165, 1.54) is 6.21 Å². The molecule has 4 nitrogen and oxygen atoms in total. The van der Waals surface area contributed by atoms with E-state index in [4.69, 9.17) is 11.1 Å². The van der Waals surface area contributed by atoms with Gasteiger partial charge < -0.3 is 11.1 Å². The van der Waals surface area contributed by atoms with Gasteiger partial charge in [-0.15, -0.1) is 0 Å². The largest absolute Gasteiger partial charge is 0.402 e. The minimum absolute atomic E-state index is 0.643. The fourth-order valence-electron chi connectivity index (χ4n) is 1.53. The quantitative estimate of drug-likeness (QED) is 0.657. The molecule has 0 aliphatic rings. The molecule has 2 aromatic rings. The SMILES string of the molecule is CC(N)=C(C=N)c1ccc2ncc(I)n2c1. The molecule has 0 aliphatic heterocycles. The van der Waals surface area contributed by atoms with Gasteiger partial charge in [0.15, 0.2) is 0 Å². The van der Waals surface area contributed by atoms with E-state index in [2.05, 4.69) is 27.6 Å². The summed E-state index contributed by atoms with van der Waals surface area (Å²) in [4.78, 5) is 4.24. The predicted octanol–water partition coefficient (Wildman–Crippen LogP) is 2.28. The van der Waals surface area contributed by atoms with Crippen LogP contribution in [0.4, 0.5) is 0 Å². The van der Waals surface area contributed by atoms with E-state index in [9.17, 15) is 0 Å². The molecule has 5 heteroatoms. The molecule has 0 atom stereocenters. The molecule has 16 heavy (non-hydrogen) atoms. The predicted molar refractivity (Wildman–Crippen MR) is 73.5 cm³/mol. The number of hydrogen-bond donors (Lipinski definition) is 2. The third-order valence-electron chi connectivity index (χ3n) is 2.34. The number of aromatic nitrogens is 2. The highest BCUT2D eigenvalue weighted by molar-refractivity contribution is 14.1. The molecule has 0 fully saturated rings. The van der Waals surface area contributed by atoms with Gasteiger partial charge in [0, 0.05) is 29.2 Å². The molecule has 2 aromatic heterocycles. The molecule has 0 spiro atoms. The number of fused-ring (bicyclic) bond motifs is 1. The van der Waals surface area contributed by atoms with Crippen molar-refractivity contribution in [2.24, 2.45) is 5.73 Å². The number of rotatable bonds is 2. The molecular formula is C11H11IN4. The maximum Gasteiger partial charge on any atom is 0.137 e. The number of nitrogens with two attached hydrogens (primary N) is 1. The van der Waals surface area contributed by atoms with Gasteiger partial charge >= 0.3 is 0 Å². The van der Waals surface area contributed by atoms with Crippen molar-refractivity contribution in [2.75, 3.05) is 0 Å². The van der Waals surface area contributed by atoms with E-state index in [0.29, 0.717) is 5.70 Å². The highest BCUT2D eigenvalue weighted by Crippen LogP contribution is 2.17. The number of pyridine rings is 1. The number of imidazole rings is 1. The zero-order chi connectivity index (χ0) is 11.7. The van der Waals surface area contributed by atoms with Crippen LogP contribution in [0, 0.1) is 9.11 Å². The van der Waals surface area contributed by atoms with Crippen molar-refractivity contribution < 1.29 is 0 Å². The summed E-state index contributed by atoms with van der Waals surface area (Å²) in [7, 11) is 0. The van der Waals surface area contributed by atoms with Gasteiger partial charge in [-0.25, -0.2) is 4.98 Å². The molecule has 3 N–H and O–H groups in total.